The van der Waals surface area contributed by atoms with E-state index in [4.69, 9.17) is 0 Å². The van der Waals surface area contributed by atoms with Crippen molar-refractivity contribution < 1.29 is 64.4 Å². The number of unbranched alkanes of at least 4 members (excludes halogenated alkanes) is 3. The molecule has 3 nitrogen and oxygen atoms in total. The van der Waals surface area contributed by atoms with Crippen molar-refractivity contribution in [1.82, 2.24) is 0 Å². The largest absolute Gasteiger partial charge is 1.00 e. The smallest absolute Gasteiger partial charge is 0.748 e. The molecule has 0 heterocycles. The summed E-state index contributed by atoms with van der Waals surface area (Å²) in [4.78, 5) is 0. The second-order valence-corrected chi connectivity index (χ2v) is 4.94. The van der Waals surface area contributed by atoms with E-state index in [-0.39, 0.29) is 51.4 Å². The summed E-state index contributed by atoms with van der Waals surface area (Å²) >= 11 is 0. The van der Waals surface area contributed by atoms with Crippen LogP contribution in [0.15, 0.2) is 0 Å². The summed E-state index contributed by atoms with van der Waals surface area (Å²) < 4.78 is 31.3. The molecule has 0 amide bonds. The van der Waals surface area contributed by atoms with Gasteiger partial charge < -0.3 is 4.55 Å². The van der Waals surface area contributed by atoms with Crippen LogP contribution >= 0.6 is 0 Å². The van der Waals surface area contributed by atoms with Crippen molar-refractivity contribution in [3.05, 3.63) is 0 Å². The normalized spacial score (nSPS) is 13.5. The molecule has 0 aromatic carbocycles. The fourth-order valence-corrected chi connectivity index (χ4v) is 1.46. The van der Waals surface area contributed by atoms with E-state index in [1.54, 1.807) is 0 Å². The molecule has 0 N–H and O–H groups in total. The molecule has 0 aliphatic carbocycles. The molecule has 0 bridgehead atoms. The Labute approximate surface area is 124 Å². The minimum absolute atomic E-state index is 0. The fraction of sp³-hybridized carbons (Fsp3) is 1.00. The van der Waals surface area contributed by atoms with Gasteiger partial charge in [0.1, 0.15) is 0 Å². The van der Waals surface area contributed by atoms with E-state index in [2.05, 4.69) is 6.92 Å². The Balaban J connectivity index is 0. The van der Waals surface area contributed by atoms with Gasteiger partial charge in [0, 0.05) is 5.25 Å². The van der Waals surface area contributed by atoms with Crippen molar-refractivity contribution in [2.45, 2.75) is 51.2 Å². The van der Waals surface area contributed by atoms with Crippen LogP contribution in [-0.2, 0) is 10.1 Å². The van der Waals surface area contributed by atoms with Crippen LogP contribution in [-0.4, -0.2) is 18.2 Å². The molecule has 0 rings (SSSR count). The van der Waals surface area contributed by atoms with Gasteiger partial charge in [-0.3, -0.25) is 0 Å². The van der Waals surface area contributed by atoms with Gasteiger partial charge in [0.15, 0.2) is 0 Å². The Morgan fingerprint density at radius 1 is 1.23 bits per heavy atom. The molecule has 0 spiro atoms. The molecule has 0 radical (unpaired) electrons. The number of hydrogen-bond acceptors (Lipinski definition) is 3. The second kappa shape index (κ2) is 8.82. The number of hydrogen-bond donors (Lipinski definition) is 0. The van der Waals surface area contributed by atoms with Gasteiger partial charge in [-0.1, -0.05) is 32.6 Å². The van der Waals surface area contributed by atoms with Crippen molar-refractivity contribution in [2.24, 2.45) is 0 Å². The third-order valence-electron chi connectivity index (χ3n) is 1.96. The molecule has 0 aromatic heterocycles. The molecule has 0 fully saturated rings. The molecule has 1 unspecified atom stereocenters. The van der Waals surface area contributed by atoms with Gasteiger partial charge in [-0.25, -0.2) is 8.42 Å². The average molecular weight is 232 g/mol. The van der Waals surface area contributed by atoms with Crippen molar-refractivity contribution in [3.8, 4) is 0 Å². The average Bonchev–Trinajstić information content (AvgIpc) is 1.96. The molecular formula is C8H17KO3S. The standard InChI is InChI=1S/C8H18O3S.K/c1-3-4-5-6-7-8(2)12(9,10)11;/h8H,3-7H2,1-2H3,(H,9,10,11);/q;+1/p-1. The molecule has 0 aliphatic heterocycles. The van der Waals surface area contributed by atoms with Crippen molar-refractivity contribution in [1.29, 1.82) is 0 Å². The van der Waals surface area contributed by atoms with Gasteiger partial charge in [0.25, 0.3) is 0 Å². The molecule has 13 heavy (non-hydrogen) atoms. The van der Waals surface area contributed by atoms with E-state index in [0.29, 0.717) is 6.42 Å². The maximum atomic E-state index is 10.4. The Morgan fingerprint density at radius 3 is 2.15 bits per heavy atom. The first-order chi connectivity index (χ1) is 5.48. The molecule has 0 aliphatic rings. The minimum Gasteiger partial charge on any atom is -0.748 e. The number of rotatable bonds is 6. The first kappa shape index (κ1) is 17.0. The second-order valence-electron chi connectivity index (χ2n) is 3.15. The van der Waals surface area contributed by atoms with Crippen LogP contribution in [0.5, 0.6) is 0 Å². The zero-order chi connectivity index (χ0) is 9.61. The first-order valence-corrected chi connectivity index (χ1v) is 5.90. The first-order valence-electron chi connectivity index (χ1n) is 4.43. The fourth-order valence-electron chi connectivity index (χ4n) is 1.00. The van der Waals surface area contributed by atoms with E-state index < -0.39 is 15.4 Å². The van der Waals surface area contributed by atoms with Crippen molar-refractivity contribution in [3.63, 3.8) is 0 Å². The summed E-state index contributed by atoms with van der Waals surface area (Å²) in [5.41, 5.74) is 0. The molecule has 0 saturated carbocycles. The summed E-state index contributed by atoms with van der Waals surface area (Å²) in [7, 11) is -4.04. The Kier molecular flexibility index (Phi) is 11.5. The predicted octanol–water partition coefficient (Wildman–Crippen LogP) is -1.11. The van der Waals surface area contributed by atoms with E-state index in [9.17, 15) is 13.0 Å². The topological polar surface area (TPSA) is 57.2 Å². The van der Waals surface area contributed by atoms with Crippen LogP contribution in [0, 0.1) is 0 Å². The monoisotopic (exact) mass is 232 g/mol. The maximum Gasteiger partial charge on any atom is 1.00 e. The van der Waals surface area contributed by atoms with Crippen LogP contribution < -0.4 is 51.4 Å². The molecule has 1 atom stereocenters. The van der Waals surface area contributed by atoms with Gasteiger partial charge in [-0.05, 0) is 13.3 Å². The molecule has 5 heteroatoms. The predicted molar refractivity (Wildman–Crippen MR) is 47.9 cm³/mol. The third-order valence-corrected chi connectivity index (χ3v) is 3.18. The summed E-state index contributed by atoms with van der Waals surface area (Å²) in [6.45, 7) is 3.57. The van der Waals surface area contributed by atoms with E-state index in [1.165, 1.54) is 6.92 Å². The maximum absolute atomic E-state index is 10.4. The Bertz CT molecular complexity index is 201. The quantitative estimate of drug-likeness (QED) is 0.332. The zero-order valence-corrected chi connectivity index (χ0v) is 12.7. The summed E-state index contributed by atoms with van der Waals surface area (Å²) in [5, 5.41) is -0.714. The summed E-state index contributed by atoms with van der Waals surface area (Å²) in [6.07, 6.45) is 4.61. The van der Waals surface area contributed by atoms with Gasteiger partial charge in [0.05, 0.1) is 10.1 Å². The molecule has 0 aromatic rings. The third kappa shape index (κ3) is 9.84. The minimum atomic E-state index is -4.04. The van der Waals surface area contributed by atoms with Gasteiger partial charge in [0.2, 0.25) is 0 Å². The summed E-state index contributed by atoms with van der Waals surface area (Å²) in [5.74, 6) is 0. The molecular weight excluding hydrogens is 215 g/mol. The van der Waals surface area contributed by atoms with Crippen LogP contribution in [0.3, 0.4) is 0 Å². The SMILES string of the molecule is CCCCCCC(C)S(=O)(=O)[O-].[K+]. The molecule has 0 saturated heterocycles. The van der Waals surface area contributed by atoms with Crippen LogP contribution in [0.1, 0.15) is 46.0 Å². The van der Waals surface area contributed by atoms with Crippen LogP contribution in [0.4, 0.5) is 0 Å². The van der Waals surface area contributed by atoms with Crippen molar-refractivity contribution >= 4 is 10.1 Å². The van der Waals surface area contributed by atoms with Crippen molar-refractivity contribution in [2.75, 3.05) is 0 Å². The Morgan fingerprint density at radius 2 is 1.77 bits per heavy atom. The van der Waals surface area contributed by atoms with Gasteiger partial charge in [-0.2, -0.15) is 0 Å². The van der Waals surface area contributed by atoms with Crippen LogP contribution in [0.2, 0.25) is 0 Å². The van der Waals surface area contributed by atoms with E-state index in [1.807, 2.05) is 0 Å². The van der Waals surface area contributed by atoms with Crippen LogP contribution in [0.25, 0.3) is 0 Å². The van der Waals surface area contributed by atoms with Gasteiger partial charge in [-0.15, -0.1) is 0 Å². The summed E-state index contributed by atoms with van der Waals surface area (Å²) in [6, 6.07) is 0. The molecule has 74 valence electrons. The Hall–Kier alpha value is 1.55. The zero-order valence-electron chi connectivity index (χ0n) is 8.75. The van der Waals surface area contributed by atoms with E-state index in [0.717, 1.165) is 25.7 Å². The van der Waals surface area contributed by atoms with E-state index >= 15 is 0 Å². The van der Waals surface area contributed by atoms with Gasteiger partial charge >= 0.3 is 51.4 Å².